The van der Waals surface area contributed by atoms with Gasteiger partial charge in [0.05, 0.1) is 7.11 Å². The number of benzene rings is 1. The summed E-state index contributed by atoms with van der Waals surface area (Å²) in [5.41, 5.74) is 2.65. The third-order valence-corrected chi connectivity index (χ3v) is 4.74. The summed E-state index contributed by atoms with van der Waals surface area (Å²) in [5.74, 6) is 2.65. The molecule has 2 unspecified atom stereocenters. The molecule has 1 saturated heterocycles. The van der Waals surface area contributed by atoms with Crippen LogP contribution in [0.4, 0.5) is 0 Å². The van der Waals surface area contributed by atoms with Gasteiger partial charge in [-0.1, -0.05) is 26.8 Å². The molecule has 0 aliphatic carbocycles. The van der Waals surface area contributed by atoms with Gasteiger partial charge in [-0.15, -0.1) is 0 Å². The van der Waals surface area contributed by atoms with E-state index in [1.165, 1.54) is 30.6 Å². The minimum Gasteiger partial charge on any atom is -0.496 e. The highest BCUT2D eigenvalue weighted by molar-refractivity contribution is 5.37. The number of hydrogen-bond donors (Lipinski definition) is 1. The number of hydrogen-bond acceptors (Lipinski definition) is 3. The van der Waals surface area contributed by atoms with E-state index in [0.717, 1.165) is 37.2 Å². The van der Waals surface area contributed by atoms with Crippen LogP contribution in [0.3, 0.4) is 0 Å². The van der Waals surface area contributed by atoms with Crippen molar-refractivity contribution in [2.75, 3.05) is 26.7 Å². The first-order valence-corrected chi connectivity index (χ1v) is 8.22. The number of methoxy groups -OCH3 is 1. The number of piperidine rings is 1. The van der Waals surface area contributed by atoms with Crippen LogP contribution in [-0.2, 0) is 13.1 Å². The van der Waals surface area contributed by atoms with Crippen molar-refractivity contribution in [1.29, 1.82) is 0 Å². The Balaban J connectivity index is 2.06. The minimum absolute atomic E-state index is 0.787. The maximum Gasteiger partial charge on any atom is 0.123 e. The molecule has 21 heavy (non-hydrogen) atoms. The second-order valence-corrected chi connectivity index (χ2v) is 6.40. The van der Waals surface area contributed by atoms with Crippen LogP contribution in [0.1, 0.15) is 38.3 Å². The molecule has 0 saturated carbocycles. The molecule has 2 rings (SSSR count). The van der Waals surface area contributed by atoms with Gasteiger partial charge in [-0.2, -0.15) is 0 Å². The maximum absolute atomic E-state index is 5.55. The fraction of sp³-hybridized carbons (Fsp3) is 0.667. The van der Waals surface area contributed by atoms with Crippen molar-refractivity contribution in [2.45, 2.75) is 40.3 Å². The summed E-state index contributed by atoms with van der Waals surface area (Å²) in [4.78, 5) is 2.57. The molecule has 3 nitrogen and oxygen atoms in total. The molecule has 118 valence electrons. The lowest BCUT2D eigenvalue weighted by Gasteiger charge is -2.35. The molecule has 0 spiro atoms. The molecule has 1 fully saturated rings. The highest BCUT2D eigenvalue weighted by Gasteiger charge is 2.23. The quantitative estimate of drug-likeness (QED) is 0.870. The zero-order chi connectivity index (χ0) is 15.2. The first-order chi connectivity index (χ1) is 10.1. The molecule has 0 bridgehead atoms. The summed E-state index contributed by atoms with van der Waals surface area (Å²) < 4.78 is 5.55. The van der Waals surface area contributed by atoms with E-state index in [9.17, 15) is 0 Å². The summed E-state index contributed by atoms with van der Waals surface area (Å²) in [6, 6.07) is 6.56. The number of likely N-dealkylation sites (tertiary alicyclic amines) is 1. The monoisotopic (exact) mass is 290 g/mol. The van der Waals surface area contributed by atoms with Gasteiger partial charge in [-0.05, 0) is 49.0 Å². The van der Waals surface area contributed by atoms with E-state index in [1.54, 1.807) is 7.11 Å². The minimum atomic E-state index is 0.787. The molecule has 1 aromatic carbocycles. The number of nitrogens with zero attached hydrogens (tertiary/aromatic N) is 1. The Hall–Kier alpha value is -1.06. The van der Waals surface area contributed by atoms with Gasteiger partial charge >= 0.3 is 0 Å². The molecule has 1 heterocycles. The summed E-state index contributed by atoms with van der Waals surface area (Å²) >= 11 is 0. The Morgan fingerprint density at radius 2 is 2.10 bits per heavy atom. The summed E-state index contributed by atoms with van der Waals surface area (Å²) in [6.07, 6.45) is 1.31. The molecule has 1 aromatic rings. The molecule has 0 amide bonds. The predicted molar refractivity (Wildman–Crippen MR) is 88.6 cm³/mol. The predicted octanol–water partition coefficient (Wildman–Crippen LogP) is 3.28. The normalized spacial score (nSPS) is 23.2. The molecule has 3 heteroatoms. The zero-order valence-corrected chi connectivity index (χ0v) is 14.0. The van der Waals surface area contributed by atoms with Gasteiger partial charge in [-0.3, -0.25) is 4.90 Å². The highest BCUT2D eigenvalue weighted by atomic mass is 16.5. The second kappa shape index (κ2) is 7.81. The van der Waals surface area contributed by atoms with Gasteiger partial charge in [-0.25, -0.2) is 0 Å². The van der Waals surface area contributed by atoms with Crippen LogP contribution in [0.2, 0.25) is 0 Å². The van der Waals surface area contributed by atoms with Gasteiger partial charge in [0.2, 0.25) is 0 Å². The van der Waals surface area contributed by atoms with E-state index in [-0.39, 0.29) is 0 Å². The van der Waals surface area contributed by atoms with Gasteiger partial charge < -0.3 is 10.1 Å². The van der Waals surface area contributed by atoms with Crippen LogP contribution in [-0.4, -0.2) is 31.6 Å². The zero-order valence-electron chi connectivity index (χ0n) is 14.0. The van der Waals surface area contributed by atoms with Crippen LogP contribution in [0.25, 0.3) is 0 Å². The van der Waals surface area contributed by atoms with Crippen molar-refractivity contribution < 1.29 is 4.74 Å². The van der Waals surface area contributed by atoms with Crippen molar-refractivity contribution in [2.24, 2.45) is 11.8 Å². The van der Waals surface area contributed by atoms with Gasteiger partial charge in [0.15, 0.2) is 0 Å². The third-order valence-electron chi connectivity index (χ3n) is 4.74. The second-order valence-electron chi connectivity index (χ2n) is 6.40. The van der Waals surface area contributed by atoms with Crippen molar-refractivity contribution in [3.63, 3.8) is 0 Å². The van der Waals surface area contributed by atoms with Crippen LogP contribution in [0, 0.1) is 11.8 Å². The van der Waals surface area contributed by atoms with E-state index in [4.69, 9.17) is 4.74 Å². The van der Waals surface area contributed by atoms with Crippen LogP contribution in [0.15, 0.2) is 18.2 Å². The third kappa shape index (κ3) is 4.45. The SMILES string of the molecule is CCNCc1ccc(OC)c(CN2CCC(C)C(C)C2)c1. The Kier molecular flexibility index (Phi) is 6.07. The number of rotatable bonds is 6. The summed E-state index contributed by atoms with van der Waals surface area (Å²) in [6.45, 7) is 12.2. The molecule has 0 radical (unpaired) electrons. The lowest BCUT2D eigenvalue weighted by molar-refractivity contribution is 0.131. The van der Waals surface area contributed by atoms with E-state index in [0.29, 0.717) is 0 Å². The first-order valence-electron chi connectivity index (χ1n) is 8.22. The standard InChI is InChI=1S/C18H30N2O/c1-5-19-11-16-6-7-18(21-4)17(10-16)13-20-9-8-14(2)15(3)12-20/h6-7,10,14-15,19H,5,8-9,11-13H2,1-4H3. The lowest BCUT2D eigenvalue weighted by Crippen LogP contribution is -2.37. The number of nitrogens with one attached hydrogen (secondary N) is 1. The van der Waals surface area contributed by atoms with Crippen molar-refractivity contribution in [1.82, 2.24) is 10.2 Å². The average Bonchev–Trinajstić information content (AvgIpc) is 2.49. The Labute approximate surface area is 129 Å². The molecule has 1 N–H and O–H groups in total. The summed E-state index contributed by atoms with van der Waals surface area (Å²) in [5, 5.41) is 3.39. The van der Waals surface area contributed by atoms with Crippen LogP contribution >= 0.6 is 0 Å². The molecule has 0 aromatic heterocycles. The molecule has 1 aliphatic rings. The molecule has 1 aliphatic heterocycles. The highest BCUT2D eigenvalue weighted by Crippen LogP contribution is 2.27. The average molecular weight is 290 g/mol. The largest absolute Gasteiger partial charge is 0.496 e. The van der Waals surface area contributed by atoms with E-state index >= 15 is 0 Å². The number of ether oxygens (including phenoxy) is 1. The lowest BCUT2D eigenvalue weighted by atomic mass is 9.88. The van der Waals surface area contributed by atoms with Crippen LogP contribution < -0.4 is 10.1 Å². The molecular formula is C18H30N2O. The van der Waals surface area contributed by atoms with E-state index < -0.39 is 0 Å². The molecular weight excluding hydrogens is 260 g/mol. The Morgan fingerprint density at radius 1 is 1.29 bits per heavy atom. The van der Waals surface area contributed by atoms with Gasteiger partial charge in [0, 0.05) is 25.2 Å². The van der Waals surface area contributed by atoms with Crippen molar-refractivity contribution in [3.8, 4) is 5.75 Å². The topological polar surface area (TPSA) is 24.5 Å². The Bertz CT molecular complexity index is 447. The van der Waals surface area contributed by atoms with E-state index in [2.05, 4.69) is 49.2 Å². The maximum atomic E-state index is 5.55. The Morgan fingerprint density at radius 3 is 2.76 bits per heavy atom. The van der Waals surface area contributed by atoms with Crippen molar-refractivity contribution in [3.05, 3.63) is 29.3 Å². The molecule has 2 atom stereocenters. The van der Waals surface area contributed by atoms with Gasteiger partial charge in [0.1, 0.15) is 5.75 Å². The fourth-order valence-corrected chi connectivity index (χ4v) is 3.07. The summed E-state index contributed by atoms with van der Waals surface area (Å²) in [7, 11) is 1.77. The fourth-order valence-electron chi connectivity index (χ4n) is 3.07. The van der Waals surface area contributed by atoms with Crippen molar-refractivity contribution >= 4 is 0 Å². The first kappa shape index (κ1) is 16.3. The van der Waals surface area contributed by atoms with E-state index in [1.807, 2.05) is 0 Å². The van der Waals surface area contributed by atoms with Crippen LogP contribution in [0.5, 0.6) is 5.75 Å². The van der Waals surface area contributed by atoms with Gasteiger partial charge in [0.25, 0.3) is 0 Å². The smallest absolute Gasteiger partial charge is 0.123 e.